The summed E-state index contributed by atoms with van der Waals surface area (Å²) in [7, 11) is 0. The van der Waals surface area contributed by atoms with Crippen LogP contribution in [0.25, 0.3) is 0 Å². The number of anilines is 1. The SMILES string of the molecule is Cc1cccc(Cl)c1NC(=O)C(c1ccc(O)cc1)N(C(=O)C(CO)NC(=O)OC(C)(C)C)C1CC1C. The minimum Gasteiger partial charge on any atom is -0.508 e. The van der Waals surface area contributed by atoms with Gasteiger partial charge >= 0.3 is 6.09 Å². The number of rotatable bonds is 8. The lowest BCUT2D eigenvalue weighted by atomic mass is 10.0. The fourth-order valence-corrected chi connectivity index (χ4v) is 4.33. The number of phenolic OH excluding ortho intramolecular Hbond substituents is 1. The number of phenols is 1. The first-order valence-corrected chi connectivity index (χ1v) is 12.5. The molecule has 1 saturated carbocycles. The van der Waals surface area contributed by atoms with Crippen LogP contribution in [0, 0.1) is 12.8 Å². The van der Waals surface area contributed by atoms with E-state index in [1.54, 1.807) is 58.0 Å². The van der Waals surface area contributed by atoms with Gasteiger partial charge in [0.1, 0.15) is 23.4 Å². The van der Waals surface area contributed by atoms with Gasteiger partial charge in [0.2, 0.25) is 5.91 Å². The Morgan fingerprint density at radius 2 is 1.78 bits per heavy atom. The Kier molecular flexibility index (Phi) is 8.71. The van der Waals surface area contributed by atoms with Crippen molar-refractivity contribution in [3.05, 3.63) is 58.6 Å². The fraction of sp³-hybridized carbons (Fsp3) is 0.444. The molecule has 9 nitrogen and oxygen atoms in total. The molecule has 4 unspecified atom stereocenters. The van der Waals surface area contributed by atoms with Gasteiger partial charge in [0, 0.05) is 6.04 Å². The number of aromatic hydroxyl groups is 1. The number of amides is 3. The van der Waals surface area contributed by atoms with Gasteiger partial charge in [-0.2, -0.15) is 0 Å². The Morgan fingerprint density at radius 3 is 2.30 bits per heavy atom. The molecule has 3 amide bonds. The highest BCUT2D eigenvalue weighted by Gasteiger charge is 2.48. The third-order valence-electron chi connectivity index (χ3n) is 6.06. The molecule has 0 aliphatic heterocycles. The number of ether oxygens (including phenoxy) is 1. The molecule has 200 valence electrons. The molecule has 37 heavy (non-hydrogen) atoms. The third kappa shape index (κ3) is 7.14. The third-order valence-corrected chi connectivity index (χ3v) is 6.37. The summed E-state index contributed by atoms with van der Waals surface area (Å²) in [6.07, 6.45) is -0.218. The van der Waals surface area contributed by atoms with Crippen LogP contribution in [0.5, 0.6) is 5.75 Å². The van der Waals surface area contributed by atoms with Crippen LogP contribution >= 0.6 is 11.6 Å². The van der Waals surface area contributed by atoms with Gasteiger partial charge in [0.25, 0.3) is 5.91 Å². The van der Waals surface area contributed by atoms with Crippen molar-refractivity contribution in [3.63, 3.8) is 0 Å². The van der Waals surface area contributed by atoms with E-state index in [0.717, 1.165) is 5.56 Å². The average Bonchev–Trinajstić information content (AvgIpc) is 3.53. The van der Waals surface area contributed by atoms with Crippen molar-refractivity contribution in [3.8, 4) is 5.75 Å². The van der Waals surface area contributed by atoms with Crippen LogP contribution in [0.1, 0.15) is 51.3 Å². The second-order valence-electron chi connectivity index (χ2n) is 10.3. The zero-order chi connectivity index (χ0) is 27.5. The molecule has 1 aliphatic rings. The number of nitrogens with zero attached hydrogens (tertiary/aromatic N) is 1. The number of nitrogens with one attached hydrogen (secondary N) is 2. The van der Waals surface area contributed by atoms with E-state index in [4.69, 9.17) is 16.3 Å². The largest absolute Gasteiger partial charge is 0.508 e. The van der Waals surface area contributed by atoms with Crippen LogP contribution in [0.15, 0.2) is 42.5 Å². The number of benzene rings is 2. The summed E-state index contributed by atoms with van der Waals surface area (Å²) in [4.78, 5) is 41.4. The Labute approximate surface area is 221 Å². The molecule has 0 aromatic heterocycles. The maximum absolute atomic E-state index is 13.8. The molecule has 1 aliphatic carbocycles. The van der Waals surface area contributed by atoms with Gasteiger partial charge in [-0.15, -0.1) is 0 Å². The molecule has 0 spiro atoms. The lowest BCUT2D eigenvalue weighted by molar-refractivity contribution is -0.142. The summed E-state index contributed by atoms with van der Waals surface area (Å²) in [6, 6.07) is 8.41. The number of aliphatic hydroxyl groups is 1. The van der Waals surface area contributed by atoms with Crippen LogP contribution < -0.4 is 10.6 Å². The second-order valence-corrected chi connectivity index (χ2v) is 10.7. The molecule has 1 fully saturated rings. The van der Waals surface area contributed by atoms with E-state index in [9.17, 15) is 24.6 Å². The van der Waals surface area contributed by atoms with Gasteiger partial charge in [0.15, 0.2) is 0 Å². The highest BCUT2D eigenvalue weighted by molar-refractivity contribution is 6.34. The molecule has 4 N–H and O–H groups in total. The van der Waals surface area contributed by atoms with Gasteiger partial charge in [0.05, 0.1) is 17.3 Å². The Bertz CT molecular complexity index is 1130. The van der Waals surface area contributed by atoms with Crippen molar-refractivity contribution >= 4 is 35.2 Å². The van der Waals surface area contributed by atoms with Crippen LogP contribution in [-0.2, 0) is 14.3 Å². The maximum atomic E-state index is 13.8. The van der Waals surface area contributed by atoms with E-state index in [1.165, 1.54) is 17.0 Å². The number of aliphatic hydroxyl groups excluding tert-OH is 1. The minimum absolute atomic E-state index is 0.00218. The molecular weight excluding hydrogens is 498 g/mol. The maximum Gasteiger partial charge on any atom is 0.408 e. The van der Waals surface area contributed by atoms with Gasteiger partial charge in [-0.3, -0.25) is 9.59 Å². The topological polar surface area (TPSA) is 128 Å². The van der Waals surface area contributed by atoms with Gasteiger partial charge in [-0.05, 0) is 69.4 Å². The van der Waals surface area contributed by atoms with Crippen LogP contribution in [0.3, 0.4) is 0 Å². The predicted molar refractivity (Wildman–Crippen MR) is 140 cm³/mol. The van der Waals surface area contributed by atoms with Gasteiger partial charge in [-0.25, -0.2) is 4.79 Å². The monoisotopic (exact) mass is 531 g/mol. The Hall–Kier alpha value is -3.30. The summed E-state index contributed by atoms with van der Waals surface area (Å²) in [5, 5.41) is 25.5. The molecule has 2 aromatic rings. The average molecular weight is 532 g/mol. The standard InChI is InChI=1S/C27H34ClN3O6/c1-15-7-6-8-19(28)22(15)30-24(34)23(17-9-11-18(33)12-10-17)31(21-13-16(21)2)25(35)20(14-32)29-26(36)37-27(3,4)5/h6-12,16,20-21,23,32-33H,13-14H2,1-5H3,(H,29,36)(H,30,34). The second kappa shape index (κ2) is 11.4. The van der Waals surface area contributed by atoms with Crippen molar-refractivity contribution in [1.29, 1.82) is 0 Å². The van der Waals surface area contributed by atoms with Crippen LogP contribution in [0.2, 0.25) is 5.02 Å². The normalized spacial score (nSPS) is 18.4. The van der Waals surface area contributed by atoms with Crippen LogP contribution in [0.4, 0.5) is 10.5 Å². The van der Waals surface area contributed by atoms with Crippen LogP contribution in [-0.4, -0.2) is 57.3 Å². The smallest absolute Gasteiger partial charge is 0.408 e. The van der Waals surface area contributed by atoms with E-state index in [1.807, 2.05) is 6.92 Å². The highest BCUT2D eigenvalue weighted by Crippen LogP contribution is 2.41. The first-order chi connectivity index (χ1) is 17.3. The van der Waals surface area contributed by atoms with Crippen molar-refractivity contribution < 1.29 is 29.3 Å². The van der Waals surface area contributed by atoms with E-state index < -0.39 is 42.2 Å². The molecule has 0 heterocycles. The first-order valence-electron chi connectivity index (χ1n) is 12.1. The van der Waals surface area contributed by atoms with Crippen molar-refractivity contribution in [2.75, 3.05) is 11.9 Å². The van der Waals surface area contributed by atoms with Crippen molar-refractivity contribution in [2.24, 2.45) is 5.92 Å². The van der Waals surface area contributed by atoms with E-state index in [0.29, 0.717) is 22.7 Å². The molecule has 0 bridgehead atoms. The summed E-state index contributed by atoms with van der Waals surface area (Å²) in [6.45, 7) is 8.11. The number of hydrogen-bond acceptors (Lipinski definition) is 6. The van der Waals surface area contributed by atoms with Gasteiger partial charge < -0.3 is 30.5 Å². The summed E-state index contributed by atoms with van der Waals surface area (Å²) in [5.74, 6) is -1.06. The summed E-state index contributed by atoms with van der Waals surface area (Å²) >= 11 is 6.35. The Morgan fingerprint density at radius 1 is 1.16 bits per heavy atom. The molecule has 0 radical (unpaired) electrons. The van der Waals surface area contributed by atoms with E-state index in [-0.39, 0.29) is 17.7 Å². The highest BCUT2D eigenvalue weighted by atomic mass is 35.5. The zero-order valence-electron chi connectivity index (χ0n) is 21.6. The fourth-order valence-electron chi connectivity index (χ4n) is 4.06. The summed E-state index contributed by atoms with van der Waals surface area (Å²) in [5.41, 5.74) is 0.794. The molecule has 10 heteroatoms. The number of hydrogen-bond donors (Lipinski definition) is 4. The zero-order valence-corrected chi connectivity index (χ0v) is 22.4. The minimum atomic E-state index is -1.34. The van der Waals surface area contributed by atoms with Gasteiger partial charge in [-0.1, -0.05) is 42.8 Å². The van der Waals surface area contributed by atoms with E-state index in [2.05, 4.69) is 10.6 Å². The molecule has 2 aromatic carbocycles. The lowest BCUT2D eigenvalue weighted by Crippen LogP contribution is -2.54. The molecule has 3 rings (SSSR count). The first kappa shape index (κ1) is 28.3. The number of aryl methyl sites for hydroxylation is 1. The van der Waals surface area contributed by atoms with Crippen molar-refractivity contribution in [2.45, 2.75) is 64.8 Å². The summed E-state index contributed by atoms with van der Waals surface area (Å²) < 4.78 is 5.25. The number of halogens is 1. The number of alkyl carbamates (subject to hydrolysis) is 1. The molecule has 4 atom stereocenters. The van der Waals surface area contributed by atoms with Crippen molar-refractivity contribution in [1.82, 2.24) is 10.2 Å². The van der Waals surface area contributed by atoms with E-state index >= 15 is 0 Å². The number of carbonyl (C=O) groups is 3. The number of carbonyl (C=O) groups excluding carboxylic acids is 3. The lowest BCUT2D eigenvalue weighted by Gasteiger charge is -2.34. The Balaban J connectivity index is 2.00. The molecule has 0 saturated heterocycles. The molecular formula is C27H34ClN3O6. The quantitative estimate of drug-likeness (QED) is 0.405. The predicted octanol–water partition coefficient (Wildman–Crippen LogP) is 4.16. The number of para-hydroxylation sites is 1.